The highest BCUT2D eigenvalue weighted by Crippen LogP contribution is 2.10. The molecule has 0 aliphatic carbocycles. The lowest BCUT2D eigenvalue weighted by molar-refractivity contribution is -0.140. The number of piperidine rings is 1. The molecule has 0 aromatic heterocycles. The van der Waals surface area contributed by atoms with E-state index in [0.29, 0.717) is 25.3 Å². The Kier molecular flexibility index (Phi) is 4.73. The van der Waals surface area contributed by atoms with E-state index in [-0.39, 0.29) is 11.9 Å². The summed E-state index contributed by atoms with van der Waals surface area (Å²) in [7, 11) is 0. The first-order chi connectivity index (χ1) is 7.49. The Morgan fingerprint density at radius 2 is 2.19 bits per heavy atom. The summed E-state index contributed by atoms with van der Waals surface area (Å²) in [6.07, 6.45) is 1.77. The Hall–Kier alpha value is -1.10. The van der Waals surface area contributed by atoms with Crippen molar-refractivity contribution in [1.29, 1.82) is 0 Å². The van der Waals surface area contributed by atoms with Gasteiger partial charge in [-0.05, 0) is 25.3 Å². The maximum absolute atomic E-state index is 11.5. The van der Waals surface area contributed by atoms with Gasteiger partial charge in [0, 0.05) is 12.5 Å². The average Bonchev–Trinajstić information content (AvgIpc) is 2.16. The van der Waals surface area contributed by atoms with E-state index in [1.54, 1.807) is 0 Å². The number of amides is 1. The van der Waals surface area contributed by atoms with Crippen LogP contribution in [0.5, 0.6) is 0 Å². The van der Waals surface area contributed by atoms with E-state index in [0.717, 1.165) is 6.42 Å². The summed E-state index contributed by atoms with van der Waals surface area (Å²) in [5.74, 6) is -0.495. The van der Waals surface area contributed by atoms with Gasteiger partial charge in [-0.3, -0.25) is 9.59 Å². The van der Waals surface area contributed by atoms with Crippen molar-refractivity contribution in [3.05, 3.63) is 0 Å². The lowest BCUT2D eigenvalue weighted by atomic mass is 9.99. The van der Waals surface area contributed by atoms with Crippen LogP contribution in [0.25, 0.3) is 0 Å². The van der Waals surface area contributed by atoms with Crippen LogP contribution in [-0.4, -0.2) is 35.6 Å². The van der Waals surface area contributed by atoms with Gasteiger partial charge in [-0.15, -0.1) is 0 Å². The SMILES string of the molecule is CC(C)CC(=O)NC1CCNC(C(=O)O)C1. The molecule has 2 unspecified atom stereocenters. The zero-order valence-corrected chi connectivity index (χ0v) is 9.82. The first-order valence-corrected chi connectivity index (χ1v) is 5.74. The molecule has 92 valence electrons. The van der Waals surface area contributed by atoms with Crippen LogP contribution in [-0.2, 0) is 9.59 Å². The third-order valence-electron chi connectivity index (χ3n) is 2.66. The van der Waals surface area contributed by atoms with Gasteiger partial charge in [-0.25, -0.2) is 0 Å². The number of rotatable bonds is 4. The highest BCUT2D eigenvalue weighted by Gasteiger charge is 2.27. The number of hydrogen-bond donors (Lipinski definition) is 3. The standard InChI is InChI=1S/C11H20N2O3/c1-7(2)5-10(14)13-8-3-4-12-9(6-8)11(15)16/h7-9,12H,3-6H2,1-2H3,(H,13,14)(H,15,16). The van der Waals surface area contributed by atoms with Gasteiger partial charge in [0.2, 0.25) is 5.91 Å². The van der Waals surface area contributed by atoms with Crippen LogP contribution in [0, 0.1) is 5.92 Å². The van der Waals surface area contributed by atoms with Crippen molar-refractivity contribution in [3.8, 4) is 0 Å². The quantitative estimate of drug-likeness (QED) is 0.649. The molecule has 16 heavy (non-hydrogen) atoms. The van der Waals surface area contributed by atoms with Crippen molar-refractivity contribution in [3.63, 3.8) is 0 Å². The molecule has 1 heterocycles. The normalized spacial score (nSPS) is 25.4. The van der Waals surface area contributed by atoms with Gasteiger partial charge in [-0.2, -0.15) is 0 Å². The van der Waals surface area contributed by atoms with Crippen LogP contribution >= 0.6 is 0 Å². The highest BCUT2D eigenvalue weighted by molar-refractivity contribution is 5.77. The molecular weight excluding hydrogens is 208 g/mol. The molecule has 0 aromatic rings. The first-order valence-electron chi connectivity index (χ1n) is 5.74. The van der Waals surface area contributed by atoms with Crippen LogP contribution in [0.15, 0.2) is 0 Å². The number of carboxylic acid groups (broad SMARTS) is 1. The minimum Gasteiger partial charge on any atom is -0.480 e. The molecule has 0 aromatic carbocycles. The van der Waals surface area contributed by atoms with Crippen LogP contribution in [0.3, 0.4) is 0 Å². The molecule has 5 heteroatoms. The van der Waals surface area contributed by atoms with E-state index < -0.39 is 12.0 Å². The van der Waals surface area contributed by atoms with Crippen LogP contribution in [0.4, 0.5) is 0 Å². The third kappa shape index (κ3) is 4.18. The molecule has 0 saturated carbocycles. The fourth-order valence-electron chi connectivity index (χ4n) is 1.89. The van der Waals surface area contributed by atoms with E-state index in [2.05, 4.69) is 10.6 Å². The van der Waals surface area contributed by atoms with E-state index in [9.17, 15) is 9.59 Å². The summed E-state index contributed by atoms with van der Waals surface area (Å²) < 4.78 is 0. The largest absolute Gasteiger partial charge is 0.480 e. The monoisotopic (exact) mass is 228 g/mol. The smallest absolute Gasteiger partial charge is 0.320 e. The van der Waals surface area contributed by atoms with Crippen LogP contribution < -0.4 is 10.6 Å². The zero-order chi connectivity index (χ0) is 12.1. The second-order valence-electron chi connectivity index (χ2n) is 4.73. The van der Waals surface area contributed by atoms with Crippen molar-refractivity contribution in [2.75, 3.05) is 6.54 Å². The van der Waals surface area contributed by atoms with Gasteiger partial charge in [0.1, 0.15) is 6.04 Å². The first kappa shape index (κ1) is 13.0. The van der Waals surface area contributed by atoms with Crippen LogP contribution in [0.2, 0.25) is 0 Å². The van der Waals surface area contributed by atoms with Crippen molar-refractivity contribution in [1.82, 2.24) is 10.6 Å². The Bertz CT molecular complexity index is 266. The topological polar surface area (TPSA) is 78.4 Å². The number of aliphatic carboxylic acids is 1. The summed E-state index contributed by atoms with van der Waals surface area (Å²) >= 11 is 0. The van der Waals surface area contributed by atoms with Crippen molar-refractivity contribution >= 4 is 11.9 Å². The number of nitrogens with one attached hydrogen (secondary N) is 2. The molecule has 0 radical (unpaired) electrons. The minimum atomic E-state index is -0.845. The van der Waals surface area contributed by atoms with E-state index >= 15 is 0 Å². The van der Waals surface area contributed by atoms with E-state index in [1.165, 1.54) is 0 Å². The van der Waals surface area contributed by atoms with Gasteiger partial charge >= 0.3 is 5.97 Å². The summed E-state index contributed by atoms with van der Waals surface area (Å²) in [4.78, 5) is 22.3. The Balaban J connectivity index is 2.37. The van der Waals surface area contributed by atoms with E-state index in [4.69, 9.17) is 5.11 Å². The maximum Gasteiger partial charge on any atom is 0.320 e. The van der Waals surface area contributed by atoms with Gasteiger partial charge in [-0.1, -0.05) is 13.8 Å². The number of carbonyl (C=O) groups is 2. The zero-order valence-electron chi connectivity index (χ0n) is 9.82. The molecule has 2 atom stereocenters. The Morgan fingerprint density at radius 3 is 2.75 bits per heavy atom. The predicted octanol–water partition coefficient (Wildman–Crippen LogP) is 0.354. The van der Waals surface area contributed by atoms with E-state index in [1.807, 2.05) is 13.8 Å². The van der Waals surface area contributed by atoms with Crippen LogP contribution in [0.1, 0.15) is 33.1 Å². The third-order valence-corrected chi connectivity index (χ3v) is 2.66. The fraction of sp³-hybridized carbons (Fsp3) is 0.818. The molecule has 1 fully saturated rings. The molecule has 1 aliphatic heterocycles. The maximum atomic E-state index is 11.5. The summed E-state index contributed by atoms with van der Waals surface area (Å²) in [5.41, 5.74) is 0. The Morgan fingerprint density at radius 1 is 1.50 bits per heavy atom. The van der Waals surface area contributed by atoms with Gasteiger partial charge in [0.15, 0.2) is 0 Å². The number of carboxylic acids is 1. The summed E-state index contributed by atoms with van der Waals surface area (Å²) in [6, 6.07) is -0.535. The van der Waals surface area contributed by atoms with Gasteiger partial charge in [0.25, 0.3) is 0 Å². The minimum absolute atomic E-state index is 0.00593. The van der Waals surface area contributed by atoms with Crippen molar-refractivity contribution in [2.24, 2.45) is 5.92 Å². The predicted molar refractivity (Wildman–Crippen MR) is 60.0 cm³/mol. The van der Waals surface area contributed by atoms with Gasteiger partial charge in [0.05, 0.1) is 0 Å². The molecule has 1 aliphatic rings. The fourth-order valence-corrected chi connectivity index (χ4v) is 1.89. The van der Waals surface area contributed by atoms with Crippen molar-refractivity contribution < 1.29 is 14.7 Å². The number of carbonyl (C=O) groups excluding carboxylic acids is 1. The average molecular weight is 228 g/mol. The summed E-state index contributed by atoms with van der Waals surface area (Å²) in [5, 5.41) is 14.7. The molecule has 0 spiro atoms. The molecular formula is C11H20N2O3. The summed E-state index contributed by atoms with van der Waals surface area (Å²) in [6.45, 7) is 4.62. The molecule has 1 rings (SSSR count). The molecule has 5 nitrogen and oxygen atoms in total. The lowest BCUT2D eigenvalue weighted by Gasteiger charge is -2.28. The molecule has 3 N–H and O–H groups in total. The Labute approximate surface area is 95.6 Å². The second-order valence-corrected chi connectivity index (χ2v) is 4.73. The lowest BCUT2D eigenvalue weighted by Crippen LogP contribution is -2.50. The number of hydrogen-bond acceptors (Lipinski definition) is 3. The highest BCUT2D eigenvalue weighted by atomic mass is 16.4. The second kappa shape index (κ2) is 5.84. The van der Waals surface area contributed by atoms with Gasteiger partial charge < -0.3 is 15.7 Å². The molecule has 0 bridgehead atoms. The molecule has 1 amide bonds. The van der Waals surface area contributed by atoms with Crippen molar-refractivity contribution in [2.45, 2.75) is 45.2 Å². The molecule has 1 saturated heterocycles.